The molecule has 0 aromatic rings. The fourth-order valence-electron chi connectivity index (χ4n) is 8.42. The van der Waals surface area contributed by atoms with Crippen molar-refractivity contribution in [3.63, 3.8) is 0 Å². The summed E-state index contributed by atoms with van der Waals surface area (Å²) in [4.78, 5) is 0. The summed E-state index contributed by atoms with van der Waals surface area (Å²) >= 11 is 0. The van der Waals surface area contributed by atoms with Crippen molar-refractivity contribution in [2.24, 2.45) is 5.41 Å². The van der Waals surface area contributed by atoms with Gasteiger partial charge >= 0.3 is 0 Å². The van der Waals surface area contributed by atoms with Gasteiger partial charge in [0, 0.05) is 21.8 Å². The molecule has 0 fully saturated rings. The quantitative estimate of drug-likeness (QED) is 0.109. The molecule has 218 valence electrons. The molecule has 0 atom stereocenters. The van der Waals surface area contributed by atoms with E-state index in [1.54, 1.807) is 0 Å². The lowest BCUT2D eigenvalue weighted by Gasteiger charge is -2.44. The zero-order chi connectivity index (χ0) is 27.6. The molecule has 0 aromatic heterocycles. The van der Waals surface area contributed by atoms with Crippen molar-refractivity contribution >= 4 is 21.8 Å². The number of hydrogen-bond donors (Lipinski definition) is 1. The average Bonchev–Trinajstić information content (AvgIpc) is 2.80. The first-order valence-electron chi connectivity index (χ1n) is 16.4. The zero-order valence-corrected chi connectivity index (χ0v) is 29.5. The summed E-state index contributed by atoms with van der Waals surface area (Å²) in [6.45, 7) is 22.4. The Morgan fingerprint density at radius 3 is 0.639 bits per heavy atom. The molecule has 4 heteroatoms. The topological polar surface area (TPSA) is 20.2 Å². The van der Waals surface area contributed by atoms with Crippen molar-refractivity contribution in [1.29, 1.82) is 0 Å². The van der Waals surface area contributed by atoms with E-state index in [1.165, 1.54) is 132 Å². The Hall–Kier alpha value is 1.25. The maximum Gasteiger partial charge on any atom is 0.0938 e. The third kappa shape index (κ3) is 12.2. The van der Waals surface area contributed by atoms with Crippen LogP contribution in [-0.4, -0.2) is 85.7 Å². The molecule has 0 amide bonds. The Bertz CT molecular complexity index is 401. The Morgan fingerprint density at radius 2 is 0.528 bits per heavy atom. The van der Waals surface area contributed by atoms with E-state index < -0.39 is 21.8 Å². The van der Waals surface area contributed by atoms with E-state index in [0.717, 1.165) is 0 Å². The number of rotatable bonds is 25. The second kappa shape index (κ2) is 20.2. The lowest BCUT2D eigenvalue weighted by molar-refractivity contribution is 0.183. The average molecular weight is 566 g/mol. The van der Waals surface area contributed by atoms with Crippen LogP contribution in [0.25, 0.3) is 0 Å². The number of hydrogen-bond acceptors (Lipinski definition) is 1. The predicted octanol–water partition coefficient (Wildman–Crippen LogP) is 10.7. The van der Waals surface area contributed by atoms with Crippen molar-refractivity contribution in [3.8, 4) is 0 Å². The van der Waals surface area contributed by atoms with E-state index in [2.05, 4.69) is 62.3 Å². The number of aliphatic hydroxyl groups excluding tert-OH is 1. The Balaban J connectivity index is 6.94. The molecule has 0 rings (SSSR count). The highest BCUT2D eigenvalue weighted by atomic mass is 31.2. The standard InChI is InChI=1S/C32H72OP3/c1-10-19-34(20-11-2,21-12-3)29-32(28-33,30-35(22-13-4,23-14-5)24-15-6)31-36(25-16-7,26-17-8)27-18-9/h33H,10-31H2,1-9H3/q+3. The third-order valence-corrected chi connectivity index (χ3v) is 25.2. The van der Waals surface area contributed by atoms with E-state index in [-0.39, 0.29) is 5.41 Å². The summed E-state index contributed by atoms with van der Waals surface area (Å²) in [5.74, 6) is 0. The van der Waals surface area contributed by atoms with E-state index >= 15 is 0 Å². The van der Waals surface area contributed by atoms with Crippen molar-refractivity contribution in [1.82, 2.24) is 0 Å². The largest absolute Gasteiger partial charge is 0.395 e. The van der Waals surface area contributed by atoms with E-state index in [9.17, 15) is 5.11 Å². The summed E-state index contributed by atoms with van der Waals surface area (Å²) in [5, 5.41) is 11.6. The monoisotopic (exact) mass is 565 g/mol. The van der Waals surface area contributed by atoms with Crippen LogP contribution >= 0.6 is 21.8 Å². The molecule has 0 saturated heterocycles. The Labute approximate surface area is 232 Å². The van der Waals surface area contributed by atoms with E-state index in [1.807, 2.05) is 0 Å². The smallest absolute Gasteiger partial charge is 0.0938 e. The molecule has 0 heterocycles. The van der Waals surface area contributed by atoms with Gasteiger partial charge in [-0.2, -0.15) is 0 Å². The first-order chi connectivity index (χ1) is 17.2. The maximum atomic E-state index is 11.6. The van der Waals surface area contributed by atoms with Gasteiger partial charge in [0.1, 0.15) is 0 Å². The Kier molecular flexibility index (Phi) is 20.9. The van der Waals surface area contributed by atoms with Gasteiger partial charge in [0.2, 0.25) is 0 Å². The fourth-order valence-corrected chi connectivity index (χ4v) is 26.2. The predicted molar refractivity (Wildman–Crippen MR) is 181 cm³/mol. The van der Waals surface area contributed by atoms with Crippen LogP contribution in [-0.2, 0) is 0 Å². The molecule has 0 radical (unpaired) electrons. The molecule has 0 aliphatic heterocycles. The first kappa shape index (κ1) is 37.2. The second-order valence-electron chi connectivity index (χ2n) is 12.7. The van der Waals surface area contributed by atoms with Crippen molar-refractivity contribution in [3.05, 3.63) is 0 Å². The molecule has 1 N–H and O–H groups in total. The van der Waals surface area contributed by atoms with Crippen LogP contribution in [0.5, 0.6) is 0 Å². The van der Waals surface area contributed by atoms with E-state index in [4.69, 9.17) is 0 Å². The van der Waals surface area contributed by atoms with Gasteiger partial charge in [-0.05, 0) is 57.8 Å². The van der Waals surface area contributed by atoms with Gasteiger partial charge in [-0.25, -0.2) is 0 Å². The molecule has 0 aromatic carbocycles. The van der Waals surface area contributed by atoms with Gasteiger partial charge < -0.3 is 5.11 Å². The summed E-state index contributed by atoms with van der Waals surface area (Å²) in [5.41, 5.74) is 0.202. The summed E-state index contributed by atoms with van der Waals surface area (Å²) in [7, 11) is -3.13. The minimum Gasteiger partial charge on any atom is -0.395 e. The van der Waals surface area contributed by atoms with Gasteiger partial charge in [-0.1, -0.05) is 62.3 Å². The minimum absolute atomic E-state index is 0.202. The van der Waals surface area contributed by atoms with Gasteiger partial charge in [0.05, 0.1) is 86.0 Å². The van der Waals surface area contributed by atoms with Crippen LogP contribution in [0.1, 0.15) is 120 Å². The van der Waals surface area contributed by atoms with Gasteiger partial charge in [-0.3, -0.25) is 0 Å². The molecular weight excluding hydrogens is 493 g/mol. The molecule has 0 spiro atoms. The molecule has 0 saturated carbocycles. The van der Waals surface area contributed by atoms with Gasteiger partial charge in [0.15, 0.2) is 0 Å². The minimum atomic E-state index is -1.04. The SMILES string of the molecule is CCC[P+](CCC)(CCC)CC(CO)(C[P+](CCC)(CCC)CCC)C[P+](CCC)(CCC)CCC. The normalized spacial score (nSPS) is 13.5. The highest BCUT2D eigenvalue weighted by Gasteiger charge is 2.56. The molecule has 0 aliphatic rings. The molecule has 36 heavy (non-hydrogen) atoms. The highest BCUT2D eigenvalue weighted by Crippen LogP contribution is 2.72. The van der Waals surface area contributed by atoms with Crippen LogP contribution < -0.4 is 0 Å². The maximum absolute atomic E-state index is 11.6. The van der Waals surface area contributed by atoms with Crippen LogP contribution in [0.4, 0.5) is 0 Å². The molecule has 0 unspecified atom stereocenters. The van der Waals surface area contributed by atoms with E-state index in [0.29, 0.717) is 6.61 Å². The lowest BCUT2D eigenvalue weighted by atomic mass is 9.97. The second-order valence-corrected chi connectivity index (χ2v) is 25.7. The van der Waals surface area contributed by atoms with Gasteiger partial charge in [-0.15, -0.1) is 0 Å². The zero-order valence-electron chi connectivity index (χ0n) is 26.8. The molecule has 0 bridgehead atoms. The van der Waals surface area contributed by atoms with Crippen molar-refractivity contribution in [2.75, 3.05) is 80.5 Å². The summed E-state index contributed by atoms with van der Waals surface area (Å²) in [6.07, 6.45) is 29.6. The molecular formula is C32H72OP3+3. The lowest BCUT2D eigenvalue weighted by Crippen LogP contribution is -2.43. The van der Waals surface area contributed by atoms with Crippen LogP contribution in [0.2, 0.25) is 0 Å². The number of aliphatic hydroxyl groups is 1. The van der Waals surface area contributed by atoms with Crippen molar-refractivity contribution in [2.45, 2.75) is 120 Å². The third-order valence-electron chi connectivity index (χ3n) is 8.63. The molecule has 1 nitrogen and oxygen atoms in total. The summed E-state index contributed by atoms with van der Waals surface area (Å²) in [6, 6.07) is 0. The first-order valence-corrected chi connectivity index (χ1v) is 24.0. The Morgan fingerprint density at radius 1 is 0.361 bits per heavy atom. The molecule has 0 aliphatic carbocycles. The van der Waals surface area contributed by atoms with Crippen molar-refractivity contribution < 1.29 is 5.11 Å². The summed E-state index contributed by atoms with van der Waals surface area (Å²) < 4.78 is 0. The van der Waals surface area contributed by atoms with Crippen LogP contribution in [0.15, 0.2) is 0 Å². The fraction of sp³-hybridized carbons (Fsp3) is 1.00. The van der Waals surface area contributed by atoms with Crippen LogP contribution in [0, 0.1) is 5.41 Å². The highest BCUT2D eigenvalue weighted by molar-refractivity contribution is 7.78. The van der Waals surface area contributed by atoms with Gasteiger partial charge in [0.25, 0.3) is 0 Å². The van der Waals surface area contributed by atoms with Crippen LogP contribution in [0.3, 0.4) is 0 Å².